The standard InChI is InChI=1S/C22H23N3O4/c26-16-23-10-12-24(13-11-23)22(28)17-14-21(27)25(15-17)19-8-4-5-9-20(19)29-18-6-2-1-3-7-18/h1-9,16-17H,10-15H2. The average Bonchev–Trinajstić information content (AvgIpc) is 3.16. The predicted molar refractivity (Wildman–Crippen MR) is 108 cm³/mol. The molecular weight excluding hydrogens is 370 g/mol. The van der Waals surface area contributed by atoms with Gasteiger partial charge in [-0.1, -0.05) is 30.3 Å². The van der Waals surface area contributed by atoms with E-state index in [2.05, 4.69) is 0 Å². The van der Waals surface area contributed by atoms with Gasteiger partial charge in [0.25, 0.3) is 0 Å². The van der Waals surface area contributed by atoms with Gasteiger partial charge in [-0.05, 0) is 24.3 Å². The van der Waals surface area contributed by atoms with E-state index in [9.17, 15) is 14.4 Å². The molecule has 0 aliphatic carbocycles. The van der Waals surface area contributed by atoms with Crippen LogP contribution in [0.2, 0.25) is 0 Å². The smallest absolute Gasteiger partial charge is 0.228 e. The van der Waals surface area contributed by atoms with Crippen molar-refractivity contribution in [2.45, 2.75) is 6.42 Å². The summed E-state index contributed by atoms with van der Waals surface area (Å²) >= 11 is 0. The molecule has 2 aromatic rings. The maximum Gasteiger partial charge on any atom is 0.228 e. The summed E-state index contributed by atoms with van der Waals surface area (Å²) in [6.07, 6.45) is 0.999. The number of amides is 3. The number of rotatable bonds is 5. The molecule has 2 aliphatic rings. The number of ether oxygens (including phenoxy) is 1. The largest absolute Gasteiger partial charge is 0.455 e. The summed E-state index contributed by atoms with van der Waals surface area (Å²) in [5, 5.41) is 0. The molecule has 2 aliphatic heterocycles. The number of piperazine rings is 1. The Morgan fingerprint density at radius 1 is 0.966 bits per heavy atom. The Balaban J connectivity index is 1.47. The lowest BCUT2D eigenvalue weighted by atomic mass is 10.1. The molecule has 2 fully saturated rings. The fourth-order valence-electron chi connectivity index (χ4n) is 3.79. The van der Waals surface area contributed by atoms with Gasteiger partial charge >= 0.3 is 0 Å². The maximum absolute atomic E-state index is 12.9. The number of anilines is 1. The highest BCUT2D eigenvalue weighted by Crippen LogP contribution is 2.36. The van der Waals surface area contributed by atoms with E-state index >= 15 is 0 Å². The van der Waals surface area contributed by atoms with Crippen LogP contribution in [0.15, 0.2) is 54.6 Å². The van der Waals surface area contributed by atoms with Crippen molar-refractivity contribution in [3.05, 3.63) is 54.6 Å². The molecule has 3 amide bonds. The molecule has 7 heteroatoms. The van der Waals surface area contributed by atoms with Crippen molar-refractivity contribution in [2.75, 3.05) is 37.6 Å². The molecule has 2 aromatic carbocycles. The predicted octanol–water partition coefficient (Wildman–Crippen LogP) is 2.13. The number of nitrogens with zero attached hydrogens (tertiary/aromatic N) is 3. The second-order valence-corrected chi connectivity index (χ2v) is 7.25. The van der Waals surface area contributed by atoms with Crippen LogP contribution in [0.25, 0.3) is 0 Å². The van der Waals surface area contributed by atoms with Crippen LogP contribution in [-0.4, -0.2) is 60.7 Å². The molecule has 0 N–H and O–H groups in total. The number of para-hydroxylation sites is 3. The van der Waals surface area contributed by atoms with Crippen LogP contribution in [0.5, 0.6) is 11.5 Å². The van der Waals surface area contributed by atoms with E-state index in [1.54, 1.807) is 14.7 Å². The second kappa shape index (κ2) is 8.34. The molecule has 1 unspecified atom stereocenters. The zero-order valence-electron chi connectivity index (χ0n) is 16.1. The van der Waals surface area contributed by atoms with Crippen LogP contribution >= 0.6 is 0 Å². The van der Waals surface area contributed by atoms with Crippen LogP contribution in [0.4, 0.5) is 5.69 Å². The minimum absolute atomic E-state index is 0.0205. The second-order valence-electron chi connectivity index (χ2n) is 7.25. The van der Waals surface area contributed by atoms with Gasteiger partial charge in [-0.15, -0.1) is 0 Å². The van der Waals surface area contributed by atoms with Crippen LogP contribution < -0.4 is 9.64 Å². The molecule has 4 rings (SSSR count). The van der Waals surface area contributed by atoms with Gasteiger partial charge < -0.3 is 19.4 Å². The van der Waals surface area contributed by atoms with Gasteiger partial charge in [-0.3, -0.25) is 14.4 Å². The molecule has 0 aromatic heterocycles. The zero-order valence-corrected chi connectivity index (χ0v) is 16.1. The maximum atomic E-state index is 12.9. The van der Waals surface area contributed by atoms with Gasteiger partial charge in [-0.2, -0.15) is 0 Å². The van der Waals surface area contributed by atoms with E-state index in [1.165, 1.54) is 0 Å². The summed E-state index contributed by atoms with van der Waals surface area (Å²) in [7, 11) is 0. The molecule has 0 radical (unpaired) electrons. The van der Waals surface area contributed by atoms with Gasteiger partial charge in [0.05, 0.1) is 11.6 Å². The number of hydrogen-bond acceptors (Lipinski definition) is 4. The van der Waals surface area contributed by atoms with E-state index in [0.29, 0.717) is 49.9 Å². The first-order valence-corrected chi connectivity index (χ1v) is 9.76. The van der Waals surface area contributed by atoms with Crippen LogP contribution in [-0.2, 0) is 14.4 Å². The van der Waals surface area contributed by atoms with Crippen molar-refractivity contribution in [1.29, 1.82) is 0 Å². The average molecular weight is 393 g/mol. The van der Waals surface area contributed by atoms with Gasteiger partial charge in [0.1, 0.15) is 5.75 Å². The summed E-state index contributed by atoms with van der Waals surface area (Å²) in [6, 6.07) is 16.8. The van der Waals surface area contributed by atoms with Crippen molar-refractivity contribution in [1.82, 2.24) is 9.80 Å². The van der Waals surface area contributed by atoms with Crippen molar-refractivity contribution in [3.8, 4) is 11.5 Å². The molecule has 0 bridgehead atoms. The van der Waals surface area contributed by atoms with E-state index < -0.39 is 0 Å². The molecule has 0 spiro atoms. The Morgan fingerprint density at radius 2 is 1.66 bits per heavy atom. The SMILES string of the molecule is O=CN1CCN(C(=O)C2CC(=O)N(c3ccccc3Oc3ccccc3)C2)CC1. The quantitative estimate of drug-likeness (QED) is 0.730. The molecule has 1 atom stereocenters. The van der Waals surface area contributed by atoms with Gasteiger partial charge in [0.15, 0.2) is 5.75 Å². The van der Waals surface area contributed by atoms with Crippen molar-refractivity contribution in [3.63, 3.8) is 0 Å². The lowest BCUT2D eigenvalue weighted by molar-refractivity contribution is -0.139. The summed E-state index contributed by atoms with van der Waals surface area (Å²) in [4.78, 5) is 41.5. The molecule has 29 heavy (non-hydrogen) atoms. The summed E-state index contributed by atoms with van der Waals surface area (Å²) < 4.78 is 5.98. The third-order valence-corrected chi connectivity index (χ3v) is 5.38. The summed E-state index contributed by atoms with van der Waals surface area (Å²) in [6.45, 7) is 2.42. The fraction of sp³-hybridized carbons (Fsp3) is 0.318. The number of hydrogen-bond donors (Lipinski definition) is 0. The molecule has 7 nitrogen and oxygen atoms in total. The zero-order chi connectivity index (χ0) is 20.2. The first-order valence-electron chi connectivity index (χ1n) is 9.76. The third-order valence-electron chi connectivity index (χ3n) is 5.38. The van der Waals surface area contributed by atoms with E-state index in [0.717, 1.165) is 6.41 Å². The Bertz CT molecular complexity index is 894. The van der Waals surface area contributed by atoms with Crippen LogP contribution in [0.3, 0.4) is 0 Å². The third kappa shape index (κ3) is 4.08. The van der Waals surface area contributed by atoms with Crippen molar-refractivity contribution >= 4 is 23.9 Å². The molecule has 0 saturated carbocycles. The van der Waals surface area contributed by atoms with Crippen LogP contribution in [0.1, 0.15) is 6.42 Å². The van der Waals surface area contributed by atoms with Gasteiger partial charge in [-0.25, -0.2) is 0 Å². The Morgan fingerprint density at radius 3 is 2.38 bits per heavy atom. The fourth-order valence-corrected chi connectivity index (χ4v) is 3.79. The molecule has 2 heterocycles. The van der Waals surface area contributed by atoms with Crippen molar-refractivity contribution in [2.24, 2.45) is 5.92 Å². The topological polar surface area (TPSA) is 70.2 Å². The highest BCUT2D eigenvalue weighted by atomic mass is 16.5. The van der Waals surface area contributed by atoms with Crippen LogP contribution in [0, 0.1) is 5.92 Å². The van der Waals surface area contributed by atoms with E-state index in [4.69, 9.17) is 4.74 Å². The minimum Gasteiger partial charge on any atom is -0.455 e. The normalized spacial score (nSPS) is 19.4. The lowest BCUT2D eigenvalue weighted by Crippen LogP contribution is -2.50. The lowest BCUT2D eigenvalue weighted by Gasteiger charge is -2.34. The first kappa shape index (κ1) is 19.0. The van der Waals surface area contributed by atoms with Gasteiger partial charge in [0.2, 0.25) is 18.2 Å². The highest BCUT2D eigenvalue weighted by Gasteiger charge is 2.38. The highest BCUT2D eigenvalue weighted by molar-refractivity contribution is 6.01. The van der Waals surface area contributed by atoms with E-state index in [-0.39, 0.29) is 24.2 Å². The number of carbonyl (C=O) groups is 3. The Hall–Kier alpha value is -3.35. The molecular formula is C22H23N3O4. The van der Waals surface area contributed by atoms with Crippen molar-refractivity contribution < 1.29 is 19.1 Å². The molecule has 2 saturated heterocycles. The summed E-state index contributed by atoms with van der Waals surface area (Å²) in [5.74, 6) is 0.786. The van der Waals surface area contributed by atoms with E-state index in [1.807, 2.05) is 54.6 Å². The monoisotopic (exact) mass is 393 g/mol. The Kier molecular flexibility index (Phi) is 5.46. The first-order chi connectivity index (χ1) is 14.2. The number of benzene rings is 2. The minimum atomic E-state index is -0.380. The van der Waals surface area contributed by atoms with Gasteiger partial charge in [0, 0.05) is 39.1 Å². The summed E-state index contributed by atoms with van der Waals surface area (Å²) in [5.41, 5.74) is 0.669. The molecule has 150 valence electrons. The number of carbonyl (C=O) groups excluding carboxylic acids is 3. The Labute approximate surface area is 169 Å².